The van der Waals surface area contributed by atoms with Crippen LogP contribution in [-0.4, -0.2) is 53.7 Å². The minimum atomic E-state index is -0.773. The third kappa shape index (κ3) is 7.24. The Kier molecular flexibility index (Phi) is 10.1. The van der Waals surface area contributed by atoms with Crippen molar-refractivity contribution in [3.05, 3.63) is 124 Å². The SMILES string of the molecule is COc1cc2c(Oc3ccc(NC(=O)c4c(Cl)c5ccccc5n(-c5ccccc5)c4=O)cc3F)ccnc2cc1OCCCN1CCCCC1. The summed E-state index contributed by atoms with van der Waals surface area (Å²) in [5.41, 5.74) is 0.970. The van der Waals surface area contributed by atoms with E-state index in [2.05, 4.69) is 15.2 Å². The van der Waals surface area contributed by atoms with Gasteiger partial charge in [0.15, 0.2) is 23.1 Å². The summed E-state index contributed by atoms with van der Waals surface area (Å²) in [7, 11) is 1.56. The average molecular weight is 707 g/mol. The molecule has 0 atom stereocenters. The zero-order valence-electron chi connectivity index (χ0n) is 28.0. The quantitative estimate of drug-likeness (QED) is 0.135. The van der Waals surface area contributed by atoms with E-state index in [4.69, 9.17) is 25.8 Å². The smallest absolute Gasteiger partial charge is 0.270 e. The number of ether oxygens (including phenoxy) is 3. The van der Waals surface area contributed by atoms with Crippen LogP contribution in [0.5, 0.6) is 23.0 Å². The van der Waals surface area contributed by atoms with Crippen LogP contribution < -0.4 is 25.1 Å². The predicted molar refractivity (Wildman–Crippen MR) is 198 cm³/mol. The third-order valence-electron chi connectivity index (χ3n) is 8.98. The van der Waals surface area contributed by atoms with Gasteiger partial charge in [-0.05, 0) is 74.8 Å². The molecule has 1 fully saturated rings. The fraction of sp³-hybridized carbons (Fsp3) is 0.225. The normalized spacial score (nSPS) is 13.3. The molecular weight excluding hydrogens is 671 g/mol. The number of aromatic nitrogens is 2. The van der Waals surface area contributed by atoms with Crippen molar-refractivity contribution in [2.75, 3.05) is 38.7 Å². The Balaban J connectivity index is 1.09. The second-order valence-electron chi connectivity index (χ2n) is 12.3. The number of amides is 1. The number of rotatable bonds is 11. The summed E-state index contributed by atoms with van der Waals surface area (Å²) < 4.78 is 34.7. The van der Waals surface area contributed by atoms with E-state index in [9.17, 15) is 9.59 Å². The minimum absolute atomic E-state index is 0.00621. The van der Waals surface area contributed by atoms with Gasteiger partial charge >= 0.3 is 0 Å². The molecular formula is C40H36ClFN4O5. The maximum atomic E-state index is 15.5. The Morgan fingerprint density at radius 2 is 1.67 bits per heavy atom. The van der Waals surface area contributed by atoms with Crippen LogP contribution in [0, 0.1) is 5.82 Å². The maximum Gasteiger partial charge on any atom is 0.270 e. The topological polar surface area (TPSA) is 94.9 Å². The molecule has 0 unspecified atom stereocenters. The molecule has 9 nitrogen and oxygen atoms in total. The van der Waals surface area contributed by atoms with E-state index in [0.717, 1.165) is 32.1 Å². The molecule has 2 aromatic heterocycles. The molecule has 0 radical (unpaired) electrons. The summed E-state index contributed by atoms with van der Waals surface area (Å²) >= 11 is 6.66. The van der Waals surface area contributed by atoms with Crippen molar-refractivity contribution in [2.24, 2.45) is 0 Å². The number of hydrogen-bond donors (Lipinski definition) is 1. The molecule has 1 amide bonds. The standard InChI is InChI=1S/C40H36ClFN4O5/c1-49-35-24-29-31(25-36(35)50-22-10-21-45-19-8-3-9-20-45)43-18-17-33(29)51-34-16-15-26(23-30(34)42)44-39(47)37-38(41)28-13-6-7-14-32(28)46(40(37)48)27-11-4-2-5-12-27/h2,4-7,11-18,23-25H,3,8-10,19-22H2,1H3,(H,44,47). The molecule has 7 rings (SSSR count). The van der Waals surface area contributed by atoms with Gasteiger partial charge in [0.1, 0.15) is 11.3 Å². The molecule has 11 heteroatoms. The van der Waals surface area contributed by atoms with E-state index in [0.29, 0.717) is 51.3 Å². The molecule has 1 aliphatic rings. The number of nitrogens with zero attached hydrogens (tertiary/aromatic N) is 3. The molecule has 0 aliphatic carbocycles. The number of hydrogen-bond acceptors (Lipinski definition) is 7. The summed E-state index contributed by atoms with van der Waals surface area (Å²) in [5.74, 6) is -0.144. The van der Waals surface area contributed by atoms with Gasteiger partial charge in [0.25, 0.3) is 11.5 Å². The molecule has 260 valence electrons. The Morgan fingerprint density at radius 1 is 0.882 bits per heavy atom. The van der Waals surface area contributed by atoms with E-state index in [1.807, 2.05) is 6.07 Å². The molecule has 3 heterocycles. The lowest BCUT2D eigenvalue weighted by molar-refractivity contribution is 0.102. The van der Waals surface area contributed by atoms with E-state index < -0.39 is 17.3 Å². The molecule has 0 bridgehead atoms. The van der Waals surface area contributed by atoms with Crippen molar-refractivity contribution in [2.45, 2.75) is 25.7 Å². The van der Waals surface area contributed by atoms with E-state index in [1.54, 1.807) is 80.0 Å². The fourth-order valence-electron chi connectivity index (χ4n) is 6.45. The van der Waals surface area contributed by atoms with Gasteiger partial charge in [-0.25, -0.2) is 4.39 Å². The lowest BCUT2D eigenvalue weighted by atomic mass is 10.1. The Hall–Kier alpha value is -5.45. The minimum Gasteiger partial charge on any atom is -0.493 e. The largest absolute Gasteiger partial charge is 0.493 e. The number of anilines is 1. The van der Waals surface area contributed by atoms with Gasteiger partial charge in [0, 0.05) is 47.0 Å². The number of likely N-dealkylation sites (tertiary alicyclic amines) is 1. The van der Waals surface area contributed by atoms with Gasteiger partial charge in [-0.3, -0.25) is 19.1 Å². The highest BCUT2D eigenvalue weighted by Crippen LogP contribution is 2.38. The van der Waals surface area contributed by atoms with Crippen molar-refractivity contribution in [3.8, 4) is 28.7 Å². The molecule has 4 aromatic carbocycles. The lowest BCUT2D eigenvalue weighted by Gasteiger charge is -2.26. The van der Waals surface area contributed by atoms with Gasteiger partial charge < -0.3 is 24.4 Å². The van der Waals surface area contributed by atoms with Crippen LogP contribution in [0.3, 0.4) is 0 Å². The number of benzene rings is 4. The zero-order valence-corrected chi connectivity index (χ0v) is 28.8. The van der Waals surface area contributed by atoms with E-state index in [1.165, 1.54) is 36.0 Å². The lowest BCUT2D eigenvalue weighted by Crippen LogP contribution is -2.31. The van der Waals surface area contributed by atoms with Crippen molar-refractivity contribution in [1.29, 1.82) is 0 Å². The number of methoxy groups -OCH3 is 1. The highest BCUT2D eigenvalue weighted by Gasteiger charge is 2.23. The number of para-hydroxylation sites is 2. The summed E-state index contributed by atoms with van der Waals surface area (Å²) in [6.07, 6.45) is 6.28. The fourth-order valence-corrected chi connectivity index (χ4v) is 6.78. The predicted octanol–water partition coefficient (Wildman–Crippen LogP) is 8.64. The van der Waals surface area contributed by atoms with Gasteiger partial charge in [-0.1, -0.05) is 54.4 Å². The Morgan fingerprint density at radius 3 is 2.45 bits per heavy atom. The summed E-state index contributed by atoms with van der Waals surface area (Å²) in [6.45, 7) is 3.81. The van der Waals surface area contributed by atoms with Crippen molar-refractivity contribution in [3.63, 3.8) is 0 Å². The number of halogens is 2. The van der Waals surface area contributed by atoms with Crippen molar-refractivity contribution >= 4 is 45.0 Å². The molecule has 0 spiro atoms. The number of carbonyl (C=O) groups excluding carboxylic acids is 1. The van der Waals surface area contributed by atoms with Crippen LogP contribution >= 0.6 is 11.6 Å². The second kappa shape index (κ2) is 15.2. The maximum absolute atomic E-state index is 15.5. The van der Waals surface area contributed by atoms with Crippen molar-refractivity contribution in [1.82, 2.24) is 14.5 Å². The van der Waals surface area contributed by atoms with Gasteiger partial charge in [-0.15, -0.1) is 0 Å². The first-order valence-electron chi connectivity index (χ1n) is 16.9. The van der Waals surface area contributed by atoms with Crippen LogP contribution in [-0.2, 0) is 0 Å². The Bertz CT molecular complexity index is 2270. The van der Waals surface area contributed by atoms with Crippen LogP contribution in [0.25, 0.3) is 27.5 Å². The highest BCUT2D eigenvalue weighted by atomic mass is 35.5. The first-order valence-corrected chi connectivity index (χ1v) is 17.3. The van der Waals surface area contributed by atoms with E-state index >= 15 is 4.39 Å². The third-order valence-corrected chi connectivity index (χ3v) is 9.37. The summed E-state index contributed by atoms with van der Waals surface area (Å²) in [6, 6.07) is 25.2. The molecule has 1 saturated heterocycles. The Labute approximate surface area is 299 Å². The highest BCUT2D eigenvalue weighted by molar-refractivity contribution is 6.39. The average Bonchev–Trinajstić information content (AvgIpc) is 3.15. The van der Waals surface area contributed by atoms with Crippen molar-refractivity contribution < 1.29 is 23.4 Å². The number of fused-ring (bicyclic) bond motifs is 2. The first kappa shape index (κ1) is 34.0. The second-order valence-corrected chi connectivity index (χ2v) is 12.7. The molecule has 1 aliphatic heterocycles. The monoisotopic (exact) mass is 706 g/mol. The van der Waals surface area contributed by atoms with Gasteiger partial charge in [0.05, 0.1) is 29.8 Å². The molecule has 6 aromatic rings. The first-order chi connectivity index (χ1) is 24.9. The summed E-state index contributed by atoms with van der Waals surface area (Å²) in [5, 5.41) is 3.76. The number of nitrogens with one attached hydrogen (secondary N) is 1. The molecule has 51 heavy (non-hydrogen) atoms. The van der Waals surface area contributed by atoms with Gasteiger partial charge in [-0.2, -0.15) is 0 Å². The van der Waals surface area contributed by atoms with Crippen LogP contribution in [0.2, 0.25) is 5.02 Å². The number of carbonyl (C=O) groups is 1. The number of pyridine rings is 2. The van der Waals surface area contributed by atoms with Crippen LogP contribution in [0.4, 0.5) is 10.1 Å². The molecule has 0 saturated carbocycles. The van der Waals surface area contributed by atoms with Gasteiger partial charge in [0.2, 0.25) is 0 Å². The zero-order chi connectivity index (χ0) is 35.3. The number of piperidine rings is 1. The summed E-state index contributed by atoms with van der Waals surface area (Å²) in [4.78, 5) is 34.3. The van der Waals surface area contributed by atoms with E-state index in [-0.39, 0.29) is 22.0 Å². The molecule has 1 N–H and O–H groups in total. The van der Waals surface area contributed by atoms with Crippen LogP contribution in [0.1, 0.15) is 36.0 Å². The van der Waals surface area contributed by atoms with Crippen LogP contribution in [0.15, 0.2) is 102 Å².